The van der Waals surface area contributed by atoms with Gasteiger partial charge in [0.2, 0.25) is 0 Å². The fourth-order valence-corrected chi connectivity index (χ4v) is 3.13. The summed E-state index contributed by atoms with van der Waals surface area (Å²) in [6.07, 6.45) is 0. The second kappa shape index (κ2) is 4.84. The molecule has 0 aromatic heterocycles. The SMILES string of the molecule is NC(CS)([Se]c1ccccc1)C(=O)O. The Morgan fingerprint density at radius 3 is 2.50 bits per heavy atom. The molecule has 0 fully saturated rings. The van der Waals surface area contributed by atoms with Crippen LogP contribution in [-0.4, -0.2) is 36.2 Å². The Morgan fingerprint density at radius 2 is 2.07 bits per heavy atom. The van der Waals surface area contributed by atoms with Gasteiger partial charge in [0.15, 0.2) is 0 Å². The zero-order valence-electron chi connectivity index (χ0n) is 7.38. The molecule has 3 N–H and O–H groups in total. The van der Waals surface area contributed by atoms with Crippen LogP contribution in [0.3, 0.4) is 0 Å². The van der Waals surface area contributed by atoms with Crippen LogP contribution in [0.1, 0.15) is 0 Å². The van der Waals surface area contributed by atoms with Gasteiger partial charge in [-0.05, 0) is 0 Å². The van der Waals surface area contributed by atoms with E-state index in [1.54, 1.807) is 0 Å². The normalized spacial score (nSPS) is 14.7. The van der Waals surface area contributed by atoms with E-state index in [0.717, 1.165) is 4.46 Å². The van der Waals surface area contributed by atoms with Crippen molar-refractivity contribution in [2.45, 2.75) is 4.44 Å². The topological polar surface area (TPSA) is 63.3 Å². The van der Waals surface area contributed by atoms with Gasteiger partial charge in [-0.15, -0.1) is 0 Å². The molecule has 0 heterocycles. The molecule has 0 spiro atoms. The maximum atomic E-state index is 10.9. The van der Waals surface area contributed by atoms with Crippen LogP contribution < -0.4 is 10.2 Å². The molecule has 3 nitrogen and oxygen atoms in total. The van der Waals surface area contributed by atoms with E-state index in [0.29, 0.717) is 0 Å². The van der Waals surface area contributed by atoms with Gasteiger partial charge in [-0.25, -0.2) is 0 Å². The third-order valence-electron chi connectivity index (χ3n) is 1.64. The van der Waals surface area contributed by atoms with E-state index in [1.807, 2.05) is 30.3 Å². The summed E-state index contributed by atoms with van der Waals surface area (Å²) in [4.78, 5) is 10.9. The first kappa shape index (κ1) is 11.6. The number of nitrogens with two attached hydrogens (primary N) is 1. The number of benzene rings is 1. The van der Waals surface area contributed by atoms with Crippen LogP contribution in [0.2, 0.25) is 0 Å². The van der Waals surface area contributed by atoms with Crippen molar-refractivity contribution in [3.8, 4) is 0 Å². The average molecular weight is 276 g/mol. The van der Waals surface area contributed by atoms with Gasteiger partial charge in [0.05, 0.1) is 0 Å². The summed E-state index contributed by atoms with van der Waals surface area (Å²) in [6.45, 7) is 0. The molecule has 0 saturated heterocycles. The summed E-state index contributed by atoms with van der Waals surface area (Å²) in [7, 11) is 0. The van der Waals surface area contributed by atoms with Crippen molar-refractivity contribution in [1.82, 2.24) is 0 Å². The zero-order valence-corrected chi connectivity index (χ0v) is 9.99. The second-order valence-corrected chi connectivity index (χ2v) is 6.03. The maximum absolute atomic E-state index is 10.9. The van der Waals surface area contributed by atoms with E-state index in [9.17, 15) is 4.79 Å². The molecule has 5 heteroatoms. The van der Waals surface area contributed by atoms with Crippen LogP contribution in [0.5, 0.6) is 0 Å². The molecule has 0 aliphatic heterocycles. The van der Waals surface area contributed by atoms with Crippen molar-refractivity contribution in [2.75, 3.05) is 5.75 Å². The Morgan fingerprint density at radius 1 is 1.50 bits per heavy atom. The molecule has 14 heavy (non-hydrogen) atoms. The zero-order chi connectivity index (χ0) is 10.6. The van der Waals surface area contributed by atoms with Crippen molar-refractivity contribution >= 4 is 38.0 Å². The fourth-order valence-electron chi connectivity index (χ4n) is 0.842. The number of carboxylic acids is 1. The average Bonchev–Trinajstić information content (AvgIpc) is 2.19. The van der Waals surface area contributed by atoms with Gasteiger partial charge in [-0.1, -0.05) is 0 Å². The quantitative estimate of drug-likeness (QED) is 0.522. The summed E-state index contributed by atoms with van der Waals surface area (Å²) in [5.74, 6) is -0.839. The van der Waals surface area contributed by atoms with Gasteiger partial charge in [0, 0.05) is 0 Å². The third kappa shape index (κ3) is 2.75. The fraction of sp³-hybridized carbons (Fsp3) is 0.222. The Balaban J connectivity index is 2.81. The molecule has 0 radical (unpaired) electrons. The molecular formula is C9H11NO2SSe. The number of aliphatic carboxylic acids is 1. The first-order valence-corrected chi connectivity index (χ1v) is 6.30. The van der Waals surface area contributed by atoms with Crippen LogP contribution in [0.25, 0.3) is 0 Å². The summed E-state index contributed by atoms with van der Waals surface area (Å²) in [5.41, 5.74) is 5.72. The van der Waals surface area contributed by atoms with Crippen LogP contribution in [0, 0.1) is 0 Å². The third-order valence-corrected chi connectivity index (χ3v) is 5.12. The summed E-state index contributed by atoms with van der Waals surface area (Å²) in [5, 5.41) is 8.94. The van der Waals surface area contributed by atoms with Gasteiger partial charge in [-0.3, -0.25) is 0 Å². The molecule has 1 aromatic rings. The Bertz CT molecular complexity index is 320. The summed E-state index contributed by atoms with van der Waals surface area (Å²) in [6, 6.07) is 9.40. The van der Waals surface area contributed by atoms with E-state index in [4.69, 9.17) is 10.8 Å². The predicted octanol–water partition coefficient (Wildman–Crippen LogP) is -0.315. The van der Waals surface area contributed by atoms with Gasteiger partial charge >= 0.3 is 94.2 Å². The van der Waals surface area contributed by atoms with Gasteiger partial charge in [-0.2, -0.15) is 0 Å². The number of hydrogen-bond donors (Lipinski definition) is 3. The summed E-state index contributed by atoms with van der Waals surface area (Å²) >= 11 is 3.68. The summed E-state index contributed by atoms with van der Waals surface area (Å²) < 4.78 is -0.240. The van der Waals surface area contributed by atoms with Crippen LogP contribution in [-0.2, 0) is 4.79 Å². The van der Waals surface area contributed by atoms with E-state index < -0.39 is 10.4 Å². The molecule has 1 aromatic carbocycles. The molecule has 0 aliphatic rings. The van der Waals surface area contributed by atoms with Crippen LogP contribution in [0.4, 0.5) is 0 Å². The van der Waals surface area contributed by atoms with E-state index in [1.165, 1.54) is 0 Å². The van der Waals surface area contributed by atoms with Gasteiger partial charge in [0.1, 0.15) is 0 Å². The van der Waals surface area contributed by atoms with Gasteiger partial charge in [0.25, 0.3) is 0 Å². The van der Waals surface area contributed by atoms with E-state index in [-0.39, 0.29) is 20.7 Å². The molecule has 76 valence electrons. The van der Waals surface area contributed by atoms with Crippen molar-refractivity contribution in [3.63, 3.8) is 0 Å². The number of rotatable bonds is 4. The molecule has 1 atom stereocenters. The molecule has 0 amide bonds. The van der Waals surface area contributed by atoms with Crippen molar-refractivity contribution in [2.24, 2.45) is 5.73 Å². The van der Waals surface area contributed by atoms with E-state index in [2.05, 4.69) is 12.6 Å². The van der Waals surface area contributed by atoms with Crippen molar-refractivity contribution in [3.05, 3.63) is 30.3 Å². The Hall–Kier alpha value is -0.481. The molecule has 1 unspecified atom stereocenters. The van der Waals surface area contributed by atoms with Crippen molar-refractivity contribution in [1.29, 1.82) is 0 Å². The minimum absolute atomic E-state index is 0.150. The Kier molecular flexibility index (Phi) is 4.01. The standard InChI is InChI=1S/C9H11NO2SSe/c10-9(6-13,8(11)12)14-7-4-2-1-3-5-7/h1-5,13H,6,10H2,(H,11,12). The number of carbonyl (C=O) groups is 1. The Labute approximate surface area is 94.3 Å². The van der Waals surface area contributed by atoms with Gasteiger partial charge < -0.3 is 0 Å². The number of carboxylic acid groups (broad SMARTS) is 1. The van der Waals surface area contributed by atoms with Crippen LogP contribution in [0.15, 0.2) is 30.3 Å². The molecule has 0 bridgehead atoms. The monoisotopic (exact) mass is 277 g/mol. The number of hydrogen-bond acceptors (Lipinski definition) is 3. The molecule has 0 saturated carbocycles. The molecule has 0 aliphatic carbocycles. The van der Waals surface area contributed by atoms with Crippen molar-refractivity contribution < 1.29 is 9.90 Å². The molecular weight excluding hydrogens is 265 g/mol. The minimum atomic E-state index is -1.21. The molecule has 1 rings (SSSR count). The predicted molar refractivity (Wildman–Crippen MR) is 60.2 cm³/mol. The first-order valence-electron chi connectivity index (χ1n) is 3.96. The van der Waals surface area contributed by atoms with E-state index >= 15 is 0 Å². The first-order chi connectivity index (χ1) is 6.58. The number of thiol groups is 1. The van der Waals surface area contributed by atoms with Crippen LogP contribution >= 0.6 is 12.6 Å². The second-order valence-electron chi connectivity index (χ2n) is 2.77.